The summed E-state index contributed by atoms with van der Waals surface area (Å²) >= 11 is 6.71. The molecule has 1 aromatic carbocycles. The van der Waals surface area contributed by atoms with Crippen molar-refractivity contribution in [3.05, 3.63) is 45.2 Å². The molecule has 16 heavy (non-hydrogen) atoms. The molecule has 0 radical (unpaired) electrons. The topological polar surface area (TPSA) is 35.0 Å². The Morgan fingerprint density at radius 1 is 1.12 bits per heavy atom. The van der Waals surface area contributed by atoms with Gasteiger partial charge in [0.2, 0.25) is 5.88 Å². The zero-order valence-corrected chi connectivity index (χ0v) is 11.6. The third-order valence-corrected chi connectivity index (χ3v) is 2.96. The molecule has 0 saturated heterocycles. The molecule has 2 rings (SSSR count). The average Bonchev–Trinajstić information content (AvgIpc) is 2.22. The Morgan fingerprint density at radius 2 is 1.94 bits per heavy atom. The highest BCUT2D eigenvalue weighted by atomic mass is 79.9. The summed E-state index contributed by atoms with van der Waals surface area (Å²) in [6.07, 6.45) is 1.45. The molecule has 3 nitrogen and oxygen atoms in total. The third-order valence-electron chi connectivity index (χ3n) is 1.91. The zero-order valence-electron chi connectivity index (χ0n) is 8.45. The molecule has 0 aliphatic rings. The first-order valence-electron chi connectivity index (χ1n) is 4.57. The Kier molecular flexibility index (Phi) is 3.56. The van der Waals surface area contributed by atoms with Crippen LogP contribution in [0.3, 0.4) is 0 Å². The Morgan fingerprint density at radius 3 is 2.62 bits per heavy atom. The molecule has 82 valence electrons. The zero-order chi connectivity index (χ0) is 11.5. The molecule has 0 aliphatic heterocycles. The van der Waals surface area contributed by atoms with Gasteiger partial charge in [0.25, 0.3) is 0 Å². The summed E-state index contributed by atoms with van der Waals surface area (Å²) in [7, 11) is 0. The number of halogens is 2. The van der Waals surface area contributed by atoms with Crippen molar-refractivity contribution < 1.29 is 4.74 Å². The van der Waals surface area contributed by atoms with Crippen LogP contribution in [0.1, 0.15) is 5.56 Å². The van der Waals surface area contributed by atoms with Crippen LogP contribution in [0.5, 0.6) is 11.6 Å². The number of ether oxygens (including phenoxy) is 1. The Bertz CT molecular complexity index is 517. The van der Waals surface area contributed by atoms with Gasteiger partial charge in [-0.2, -0.15) is 0 Å². The number of aryl methyl sites for hydroxylation is 1. The van der Waals surface area contributed by atoms with Gasteiger partial charge < -0.3 is 4.74 Å². The van der Waals surface area contributed by atoms with Crippen molar-refractivity contribution in [2.24, 2.45) is 0 Å². The van der Waals surface area contributed by atoms with E-state index >= 15 is 0 Å². The minimum atomic E-state index is 0.506. The first-order valence-corrected chi connectivity index (χ1v) is 6.15. The molecule has 0 fully saturated rings. The fourth-order valence-corrected chi connectivity index (χ4v) is 2.04. The molecular formula is C11H8Br2N2O. The SMILES string of the molecule is Cc1ccc(Oc2cc(Br)ncn2)c(Br)c1. The highest BCUT2D eigenvalue weighted by Crippen LogP contribution is 2.29. The summed E-state index contributed by atoms with van der Waals surface area (Å²) in [4.78, 5) is 7.95. The predicted octanol–water partition coefficient (Wildman–Crippen LogP) is 4.10. The van der Waals surface area contributed by atoms with Crippen molar-refractivity contribution in [1.82, 2.24) is 9.97 Å². The molecule has 0 bridgehead atoms. The van der Waals surface area contributed by atoms with Gasteiger partial charge in [-0.3, -0.25) is 0 Å². The molecule has 1 aromatic heterocycles. The molecule has 0 unspecified atom stereocenters. The average molecular weight is 344 g/mol. The third kappa shape index (κ3) is 2.80. The first kappa shape index (κ1) is 11.5. The van der Waals surface area contributed by atoms with Gasteiger partial charge in [-0.15, -0.1) is 0 Å². The summed E-state index contributed by atoms with van der Waals surface area (Å²) < 4.78 is 7.22. The fraction of sp³-hybridized carbons (Fsp3) is 0.0909. The van der Waals surface area contributed by atoms with E-state index in [-0.39, 0.29) is 0 Å². The van der Waals surface area contributed by atoms with Crippen molar-refractivity contribution in [2.45, 2.75) is 6.92 Å². The number of hydrogen-bond donors (Lipinski definition) is 0. The maximum atomic E-state index is 5.62. The van der Waals surface area contributed by atoms with Crippen LogP contribution >= 0.6 is 31.9 Å². The van der Waals surface area contributed by atoms with E-state index in [1.54, 1.807) is 6.07 Å². The number of rotatable bonds is 2. The Labute approximate surface area is 110 Å². The number of aromatic nitrogens is 2. The molecule has 0 spiro atoms. The maximum absolute atomic E-state index is 5.62. The second-order valence-corrected chi connectivity index (χ2v) is 4.88. The van der Waals surface area contributed by atoms with Crippen LogP contribution in [0.15, 0.2) is 39.7 Å². The second kappa shape index (κ2) is 4.93. The largest absolute Gasteiger partial charge is 0.438 e. The lowest BCUT2D eigenvalue weighted by atomic mass is 10.2. The van der Waals surface area contributed by atoms with Crippen LogP contribution in [0.25, 0.3) is 0 Å². The van der Waals surface area contributed by atoms with Gasteiger partial charge in [-0.05, 0) is 56.5 Å². The standard InChI is InChI=1S/C11H8Br2N2O/c1-7-2-3-9(8(12)4-7)16-11-5-10(13)14-6-15-11/h2-6H,1H3. The van der Waals surface area contributed by atoms with Crippen LogP contribution in [0, 0.1) is 6.92 Å². The van der Waals surface area contributed by atoms with E-state index in [0.29, 0.717) is 10.5 Å². The van der Waals surface area contributed by atoms with Gasteiger partial charge in [-0.1, -0.05) is 6.07 Å². The smallest absolute Gasteiger partial charge is 0.223 e. The molecule has 5 heteroatoms. The lowest BCUT2D eigenvalue weighted by molar-refractivity contribution is 0.458. The van der Waals surface area contributed by atoms with Gasteiger partial charge in [-0.25, -0.2) is 9.97 Å². The Balaban J connectivity index is 2.27. The van der Waals surface area contributed by atoms with E-state index in [9.17, 15) is 0 Å². The monoisotopic (exact) mass is 342 g/mol. The van der Waals surface area contributed by atoms with Crippen LogP contribution in [-0.4, -0.2) is 9.97 Å². The van der Waals surface area contributed by atoms with Gasteiger partial charge in [0.15, 0.2) is 0 Å². The molecular weight excluding hydrogens is 336 g/mol. The van der Waals surface area contributed by atoms with Crippen LogP contribution in [0.4, 0.5) is 0 Å². The number of benzene rings is 1. The summed E-state index contributed by atoms with van der Waals surface area (Å²) in [6, 6.07) is 7.59. The van der Waals surface area contributed by atoms with Gasteiger partial charge >= 0.3 is 0 Å². The van der Waals surface area contributed by atoms with E-state index in [2.05, 4.69) is 41.8 Å². The van der Waals surface area contributed by atoms with E-state index in [1.165, 1.54) is 11.9 Å². The van der Waals surface area contributed by atoms with Crippen LogP contribution < -0.4 is 4.74 Å². The van der Waals surface area contributed by atoms with Gasteiger partial charge in [0, 0.05) is 6.07 Å². The van der Waals surface area contributed by atoms with Crippen molar-refractivity contribution >= 4 is 31.9 Å². The highest BCUT2D eigenvalue weighted by molar-refractivity contribution is 9.10. The van der Waals surface area contributed by atoms with Gasteiger partial charge in [0.1, 0.15) is 16.7 Å². The molecule has 0 saturated carbocycles. The van der Waals surface area contributed by atoms with Crippen molar-refractivity contribution in [1.29, 1.82) is 0 Å². The second-order valence-electron chi connectivity index (χ2n) is 3.21. The van der Waals surface area contributed by atoms with E-state index in [0.717, 1.165) is 10.2 Å². The molecule has 0 aliphatic carbocycles. The summed E-state index contributed by atoms with van der Waals surface area (Å²) in [5, 5.41) is 0. The normalized spacial score (nSPS) is 10.2. The van der Waals surface area contributed by atoms with Crippen molar-refractivity contribution in [2.75, 3.05) is 0 Å². The van der Waals surface area contributed by atoms with E-state index in [1.807, 2.05) is 25.1 Å². The van der Waals surface area contributed by atoms with Gasteiger partial charge in [0.05, 0.1) is 4.47 Å². The highest BCUT2D eigenvalue weighted by Gasteiger charge is 2.04. The quantitative estimate of drug-likeness (QED) is 0.770. The predicted molar refractivity (Wildman–Crippen MR) is 68.7 cm³/mol. The minimum absolute atomic E-state index is 0.506. The number of hydrogen-bond acceptors (Lipinski definition) is 3. The lowest BCUT2D eigenvalue weighted by Crippen LogP contribution is -1.90. The number of nitrogens with zero attached hydrogens (tertiary/aromatic N) is 2. The van der Waals surface area contributed by atoms with Crippen molar-refractivity contribution in [3.63, 3.8) is 0 Å². The van der Waals surface area contributed by atoms with E-state index < -0.39 is 0 Å². The first-order chi connectivity index (χ1) is 7.65. The van der Waals surface area contributed by atoms with Crippen LogP contribution in [0.2, 0.25) is 0 Å². The molecule has 1 heterocycles. The Hall–Kier alpha value is -0.940. The van der Waals surface area contributed by atoms with Crippen molar-refractivity contribution in [3.8, 4) is 11.6 Å². The molecule has 0 amide bonds. The van der Waals surface area contributed by atoms with Crippen LogP contribution in [-0.2, 0) is 0 Å². The van der Waals surface area contributed by atoms with E-state index in [4.69, 9.17) is 4.74 Å². The molecule has 2 aromatic rings. The summed E-state index contributed by atoms with van der Waals surface area (Å²) in [6.45, 7) is 2.02. The fourth-order valence-electron chi connectivity index (χ4n) is 1.17. The lowest BCUT2D eigenvalue weighted by Gasteiger charge is -2.07. The summed E-state index contributed by atoms with van der Waals surface area (Å²) in [5.74, 6) is 1.24. The summed E-state index contributed by atoms with van der Waals surface area (Å²) in [5.41, 5.74) is 1.17. The molecule has 0 atom stereocenters. The maximum Gasteiger partial charge on any atom is 0.223 e. The molecule has 0 N–H and O–H groups in total. The minimum Gasteiger partial charge on any atom is -0.438 e.